The molecule has 11 heavy (non-hydrogen) atoms. The van der Waals surface area contributed by atoms with E-state index in [1.165, 1.54) is 4.88 Å². The first-order chi connectivity index (χ1) is 5.36. The van der Waals surface area contributed by atoms with Crippen LogP contribution in [0, 0.1) is 0 Å². The lowest BCUT2D eigenvalue weighted by Crippen LogP contribution is -2.15. The summed E-state index contributed by atoms with van der Waals surface area (Å²) in [7, 11) is 2.14. The molecule has 1 N–H and O–H groups in total. The van der Waals surface area contributed by atoms with Crippen molar-refractivity contribution in [2.24, 2.45) is 0 Å². The molecule has 0 bridgehead atoms. The van der Waals surface area contributed by atoms with Crippen molar-refractivity contribution >= 4 is 11.3 Å². The van der Waals surface area contributed by atoms with Crippen molar-refractivity contribution in [2.45, 2.75) is 6.04 Å². The molecule has 0 amide bonds. The molecule has 1 unspecified atom stereocenters. The van der Waals surface area contributed by atoms with Gasteiger partial charge in [-0.05, 0) is 18.5 Å². The number of nitrogens with zero attached hydrogens (tertiary/aromatic N) is 1. The van der Waals surface area contributed by atoms with E-state index in [0.29, 0.717) is 6.04 Å². The number of nitrogens with one attached hydrogen (secondary N) is 1. The van der Waals surface area contributed by atoms with Crippen molar-refractivity contribution in [3.05, 3.63) is 22.4 Å². The van der Waals surface area contributed by atoms with Gasteiger partial charge >= 0.3 is 0 Å². The van der Waals surface area contributed by atoms with Gasteiger partial charge < -0.3 is 0 Å². The van der Waals surface area contributed by atoms with Crippen molar-refractivity contribution in [3.63, 3.8) is 0 Å². The van der Waals surface area contributed by atoms with Gasteiger partial charge in [-0.15, -0.1) is 11.3 Å². The Bertz CT molecular complexity index is 220. The molecule has 1 aliphatic heterocycles. The highest BCUT2D eigenvalue weighted by molar-refractivity contribution is 7.10. The molecule has 1 aliphatic rings. The lowest BCUT2D eigenvalue weighted by atomic mass is 10.2. The van der Waals surface area contributed by atoms with Crippen molar-refractivity contribution < 1.29 is 0 Å². The molecular weight excluding hydrogens is 156 g/mol. The summed E-state index contributed by atoms with van der Waals surface area (Å²) in [4.78, 5) is 3.75. The van der Waals surface area contributed by atoms with Gasteiger partial charge in [-0.1, -0.05) is 6.07 Å². The predicted molar refractivity (Wildman–Crippen MR) is 47.7 cm³/mol. The summed E-state index contributed by atoms with van der Waals surface area (Å²) < 4.78 is 0. The Morgan fingerprint density at radius 2 is 2.64 bits per heavy atom. The molecule has 0 aliphatic carbocycles. The molecule has 1 saturated heterocycles. The highest BCUT2D eigenvalue weighted by Crippen LogP contribution is 2.22. The maximum absolute atomic E-state index is 3.45. The molecule has 2 nitrogen and oxygen atoms in total. The largest absolute Gasteiger partial charge is 0.295 e. The lowest BCUT2D eigenvalue weighted by molar-refractivity contribution is 0.407. The Kier molecular flexibility index (Phi) is 1.94. The smallest absolute Gasteiger partial charge is 0.0554 e. The fraction of sp³-hybridized carbons (Fsp3) is 0.500. The molecule has 1 aromatic heterocycles. The Labute approximate surface area is 70.8 Å². The first kappa shape index (κ1) is 7.28. The third kappa shape index (κ3) is 1.45. The Morgan fingerprint density at radius 3 is 3.18 bits per heavy atom. The van der Waals surface area contributed by atoms with Crippen molar-refractivity contribution in [1.29, 1.82) is 0 Å². The van der Waals surface area contributed by atoms with E-state index in [4.69, 9.17) is 0 Å². The van der Waals surface area contributed by atoms with Crippen LogP contribution in [0.3, 0.4) is 0 Å². The molecule has 2 heterocycles. The Morgan fingerprint density at radius 1 is 1.73 bits per heavy atom. The van der Waals surface area contributed by atoms with Crippen LogP contribution in [0.4, 0.5) is 0 Å². The number of hydrogen-bond donors (Lipinski definition) is 1. The summed E-state index contributed by atoms with van der Waals surface area (Å²) in [5.74, 6) is 0. The van der Waals surface area contributed by atoms with Crippen LogP contribution in [0.25, 0.3) is 0 Å². The summed E-state index contributed by atoms with van der Waals surface area (Å²) in [6.45, 7) is 2.16. The van der Waals surface area contributed by atoms with E-state index in [9.17, 15) is 0 Å². The normalized spacial score (nSPS) is 26.1. The maximum Gasteiger partial charge on any atom is 0.0554 e. The number of likely N-dealkylation sites (N-methyl/N-ethyl adjacent to an activating group) is 1. The fourth-order valence-electron chi connectivity index (χ4n) is 1.39. The van der Waals surface area contributed by atoms with Gasteiger partial charge in [0.1, 0.15) is 0 Å². The Hall–Kier alpha value is -0.380. The van der Waals surface area contributed by atoms with Crippen molar-refractivity contribution in [3.8, 4) is 0 Å². The summed E-state index contributed by atoms with van der Waals surface area (Å²) in [5, 5.41) is 5.58. The SMILES string of the molecule is CN1CNC(c2cccs2)C1. The van der Waals surface area contributed by atoms with Gasteiger partial charge in [-0.3, -0.25) is 10.2 Å². The van der Waals surface area contributed by atoms with Crippen LogP contribution in [0.2, 0.25) is 0 Å². The standard InChI is InChI=1S/C8H12N2S/c1-10-5-7(9-6-10)8-3-2-4-11-8/h2-4,7,9H,5-6H2,1H3. The molecule has 1 atom stereocenters. The van der Waals surface area contributed by atoms with Crippen LogP contribution < -0.4 is 5.32 Å². The van der Waals surface area contributed by atoms with Gasteiger partial charge in [-0.2, -0.15) is 0 Å². The minimum absolute atomic E-state index is 0.569. The maximum atomic E-state index is 3.45. The quantitative estimate of drug-likeness (QED) is 0.679. The second-order valence-electron chi connectivity index (χ2n) is 2.97. The molecule has 0 aromatic carbocycles. The highest BCUT2D eigenvalue weighted by atomic mass is 32.1. The number of thiophene rings is 1. The average molecular weight is 168 g/mol. The average Bonchev–Trinajstić information content (AvgIpc) is 2.55. The zero-order valence-electron chi connectivity index (χ0n) is 6.58. The summed E-state index contributed by atoms with van der Waals surface area (Å²) >= 11 is 1.83. The summed E-state index contributed by atoms with van der Waals surface area (Å²) in [6, 6.07) is 4.88. The van der Waals surface area contributed by atoms with Gasteiger partial charge in [-0.25, -0.2) is 0 Å². The van der Waals surface area contributed by atoms with E-state index >= 15 is 0 Å². The third-order valence-electron chi connectivity index (χ3n) is 1.99. The second kappa shape index (κ2) is 2.93. The highest BCUT2D eigenvalue weighted by Gasteiger charge is 2.20. The van der Waals surface area contributed by atoms with Crippen LogP contribution in [-0.2, 0) is 0 Å². The molecule has 0 saturated carbocycles. The van der Waals surface area contributed by atoms with Crippen molar-refractivity contribution in [1.82, 2.24) is 10.2 Å². The zero-order chi connectivity index (χ0) is 7.68. The van der Waals surface area contributed by atoms with Gasteiger partial charge in [0.05, 0.1) is 6.04 Å². The monoisotopic (exact) mass is 168 g/mol. The minimum Gasteiger partial charge on any atom is -0.295 e. The number of hydrogen-bond acceptors (Lipinski definition) is 3. The van der Waals surface area contributed by atoms with Crippen LogP contribution in [0.1, 0.15) is 10.9 Å². The van der Waals surface area contributed by atoms with Gasteiger partial charge in [0.2, 0.25) is 0 Å². The second-order valence-corrected chi connectivity index (χ2v) is 3.95. The predicted octanol–water partition coefficient (Wildman–Crippen LogP) is 1.28. The summed E-state index contributed by atoms with van der Waals surface area (Å²) in [6.07, 6.45) is 0. The molecule has 1 fully saturated rings. The first-order valence-electron chi connectivity index (χ1n) is 3.81. The van der Waals surface area contributed by atoms with Gasteiger partial charge in [0, 0.05) is 18.1 Å². The summed E-state index contributed by atoms with van der Waals surface area (Å²) in [5.41, 5.74) is 0. The first-order valence-corrected chi connectivity index (χ1v) is 4.69. The Balaban J connectivity index is 2.08. The van der Waals surface area contributed by atoms with E-state index in [0.717, 1.165) is 13.2 Å². The van der Waals surface area contributed by atoms with Crippen LogP contribution >= 0.6 is 11.3 Å². The van der Waals surface area contributed by atoms with Gasteiger partial charge in [0.25, 0.3) is 0 Å². The third-order valence-corrected chi connectivity index (χ3v) is 2.97. The topological polar surface area (TPSA) is 15.3 Å². The van der Waals surface area contributed by atoms with E-state index in [-0.39, 0.29) is 0 Å². The molecule has 1 aromatic rings. The molecule has 3 heteroatoms. The van der Waals surface area contributed by atoms with Crippen LogP contribution in [0.15, 0.2) is 17.5 Å². The van der Waals surface area contributed by atoms with E-state index in [1.807, 2.05) is 11.3 Å². The fourth-order valence-corrected chi connectivity index (χ4v) is 2.18. The van der Waals surface area contributed by atoms with E-state index < -0.39 is 0 Å². The lowest BCUT2D eigenvalue weighted by Gasteiger charge is -2.06. The molecule has 2 rings (SSSR count). The van der Waals surface area contributed by atoms with E-state index in [2.05, 4.69) is 34.8 Å². The molecule has 0 radical (unpaired) electrons. The van der Waals surface area contributed by atoms with E-state index in [1.54, 1.807) is 0 Å². The van der Waals surface area contributed by atoms with Crippen LogP contribution in [-0.4, -0.2) is 25.2 Å². The molecule has 0 spiro atoms. The molecule has 60 valence electrons. The minimum atomic E-state index is 0.569. The van der Waals surface area contributed by atoms with Crippen molar-refractivity contribution in [2.75, 3.05) is 20.3 Å². The molecular formula is C8H12N2S. The van der Waals surface area contributed by atoms with Crippen LogP contribution in [0.5, 0.6) is 0 Å². The zero-order valence-corrected chi connectivity index (χ0v) is 7.40. The van der Waals surface area contributed by atoms with Gasteiger partial charge in [0.15, 0.2) is 0 Å². The number of rotatable bonds is 1.